The molecule has 0 bridgehead atoms. The largest absolute Gasteiger partial charge is 0.326 e. The number of nitrogens with one attached hydrogen (secondary N) is 1. The fraction of sp³-hybridized carbons (Fsp3) is 0.421. The van der Waals surface area contributed by atoms with Gasteiger partial charge in [0.1, 0.15) is 0 Å². The highest BCUT2D eigenvalue weighted by molar-refractivity contribution is 5.97. The van der Waals surface area contributed by atoms with E-state index in [4.69, 9.17) is 0 Å². The van der Waals surface area contributed by atoms with Gasteiger partial charge in [0, 0.05) is 11.3 Å². The highest BCUT2D eigenvalue weighted by Gasteiger charge is 2.09. The third-order valence-electron chi connectivity index (χ3n) is 3.08. The summed E-state index contributed by atoms with van der Waals surface area (Å²) in [5.41, 5.74) is 1.76. The fourth-order valence-corrected chi connectivity index (χ4v) is 1.78. The standard InChI is InChI=1S/C19H27NO/c1-6-17(11-8-14-19(3,4)5)20-18(21)16-10-7-9-15(2)12-13-16/h7-15H,6H2,1-5H3,(H,20,21)/b14-8-,17-11+. The smallest absolute Gasteiger partial charge is 0.255 e. The van der Waals surface area contributed by atoms with E-state index in [9.17, 15) is 4.79 Å². The van der Waals surface area contributed by atoms with Gasteiger partial charge in [-0.2, -0.15) is 0 Å². The molecule has 1 aliphatic rings. The van der Waals surface area contributed by atoms with E-state index in [-0.39, 0.29) is 11.3 Å². The molecule has 1 atom stereocenters. The lowest BCUT2D eigenvalue weighted by molar-refractivity contribution is -0.116. The molecule has 0 saturated heterocycles. The summed E-state index contributed by atoms with van der Waals surface area (Å²) >= 11 is 0. The van der Waals surface area contributed by atoms with E-state index in [0.717, 1.165) is 12.1 Å². The third kappa shape index (κ3) is 6.94. The zero-order valence-electron chi connectivity index (χ0n) is 13.8. The van der Waals surface area contributed by atoms with Gasteiger partial charge in [0.05, 0.1) is 0 Å². The molecule has 1 amide bonds. The lowest BCUT2D eigenvalue weighted by Crippen LogP contribution is -2.23. The quantitative estimate of drug-likeness (QED) is 0.746. The Bertz CT molecular complexity index is 510. The molecule has 21 heavy (non-hydrogen) atoms. The highest BCUT2D eigenvalue weighted by Crippen LogP contribution is 2.15. The van der Waals surface area contributed by atoms with Crippen LogP contribution in [0.5, 0.6) is 0 Å². The number of hydrogen-bond acceptors (Lipinski definition) is 1. The van der Waals surface area contributed by atoms with Crippen molar-refractivity contribution in [2.45, 2.75) is 41.0 Å². The molecule has 0 radical (unpaired) electrons. The second-order valence-electron chi connectivity index (χ2n) is 6.45. The van der Waals surface area contributed by atoms with Gasteiger partial charge in [-0.3, -0.25) is 4.79 Å². The van der Waals surface area contributed by atoms with Gasteiger partial charge in [-0.15, -0.1) is 0 Å². The second kappa shape index (κ2) is 7.82. The number of amides is 1. The van der Waals surface area contributed by atoms with Gasteiger partial charge in [0.15, 0.2) is 0 Å². The van der Waals surface area contributed by atoms with Gasteiger partial charge in [0.25, 0.3) is 5.91 Å². The molecule has 1 rings (SSSR count). The van der Waals surface area contributed by atoms with Crippen LogP contribution in [0.4, 0.5) is 0 Å². The molecule has 0 aliphatic heterocycles. The summed E-state index contributed by atoms with van der Waals surface area (Å²) in [5.74, 6) is 0.310. The summed E-state index contributed by atoms with van der Waals surface area (Å²) in [7, 11) is 0. The molecule has 0 spiro atoms. The average molecular weight is 285 g/mol. The van der Waals surface area contributed by atoms with Crippen LogP contribution in [0.3, 0.4) is 0 Å². The number of rotatable bonds is 4. The van der Waals surface area contributed by atoms with Gasteiger partial charge in [-0.1, -0.05) is 71.1 Å². The SMILES string of the molecule is CC/C(=C\C=C/C(C)(C)C)NC(=O)C1=CC=CC(C)C=C1. The minimum Gasteiger partial charge on any atom is -0.326 e. The maximum atomic E-state index is 12.3. The van der Waals surface area contributed by atoms with Crippen molar-refractivity contribution in [1.82, 2.24) is 5.32 Å². The van der Waals surface area contributed by atoms with E-state index in [1.165, 1.54) is 0 Å². The van der Waals surface area contributed by atoms with E-state index < -0.39 is 0 Å². The van der Waals surface area contributed by atoms with Crippen LogP contribution in [0.25, 0.3) is 0 Å². The van der Waals surface area contributed by atoms with Crippen LogP contribution in [0.1, 0.15) is 41.0 Å². The van der Waals surface area contributed by atoms with Crippen molar-refractivity contribution in [2.75, 3.05) is 0 Å². The summed E-state index contributed by atoms with van der Waals surface area (Å²) in [6.07, 6.45) is 16.7. The first kappa shape index (κ1) is 17.2. The first-order valence-electron chi connectivity index (χ1n) is 7.58. The molecule has 0 aromatic heterocycles. The predicted molar refractivity (Wildman–Crippen MR) is 90.6 cm³/mol. The van der Waals surface area contributed by atoms with Gasteiger partial charge < -0.3 is 5.32 Å². The summed E-state index contributed by atoms with van der Waals surface area (Å²) in [6.45, 7) is 10.6. The highest BCUT2D eigenvalue weighted by atomic mass is 16.1. The normalized spacial score (nSPS) is 19.6. The van der Waals surface area contributed by atoms with Crippen molar-refractivity contribution in [3.8, 4) is 0 Å². The molecule has 0 aromatic rings. The minimum absolute atomic E-state index is 0.0535. The van der Waals surface area contributed by atoms with Crippen molar-refractivity contribution < 1.29 is 4.79 Å². The van der Waals surface area contributed by atoms with Crippen LogP contribution in [-0.2, 0) is 4.79 Å². The van der Waals surface area contributed by atoms with Crippen molar-refractivity contribution in [3.63, 3.8) is 0 Å². The third-order valence-corrected chi connectivity index (χ3v) is 3.08. The Kier molecular flexibility index (Phi) is 6.41. The van der Waals surface area contributed by atoms with Crippen LogP contribution in [-0.4, -0.2) is 5.91 Å². The van der Waals surface area contributed by atoms with Crippen LogP contribution in [0, 0.1) is 11.3 Å². The van der Waals surface area contributed by atoms with Gasteiger partial charge in [-0.25, -0.2) is 0 Å². The molecule has 1 N–H and O–H groups in total. The Hall–Kier alpha value is -1.83. The Balaban J connectivity index is 2.74. The molecular weight excluding hydrogens is 258 g/mol. The van der Waals surface area contributed by atoms with Gasteiger partial charge in [0.2, 0.25) is 0 Å². The zero-order valence-corrected chi connectivity index (χ0v) is 13.8. The second-order valence-corrected chi connectivity index (χ2v) is 6.45. The Morgan fingerprint density at radius 3 is 2.67 bits per heavy atom. The molecule has 2 heteroatoms. The molecule has 0 fully saturated rings. The Labute approximate surface area is 129 Å². The first-order chi connectivity index (χ1) is 9.81. The molecular formula is C19H27NO. The molecule has 0 heterocycles. The number of allylic oxidation sites excluding steroid dienone is 8. The van der Waals surface area contributed by atoms with E-state index in [1.807, 2.05) is 43.4 Å². The van der Waals surface area contributed by atoms with E-state index >= 15 is 0 Å². The van der Waals surface area contributed by atoms with Crippen molar-refractivity contribution in [1.29, 1.82) is 0 Å². The summed E-state index contributed by atoms with van der Waals surface area (Å²) < 4.78 is 0. The van der Waals surface area contributed by atoms with Crippen molar-refractivity contribution >= 4 is 5.91 Å². The lowest BCUT2D eigenvalue weighted by Gasteiger charge is -2.11. The first-order valence-corrected chi connectivity index (χ1v) is 7.58. The summed E-state index contributed by atoms with van der Waals surface area (Å²) in [6, 6.07) is 0. The van der Waals surface area contributed by atoms with Crippen molar-refractivity contribution in [3.05, 3.63) is 59.9 Å². The predicted octanol–water partition coefficient (Wildman–Crippen LogP) is 4.69. The molecule has 1 unspecified atom stereocenters. The monoisotopic (exact) mass is 285 g/mol. The Morgan fingerprint density at radius 2 is 2.05 bits per heavy atom. The Morgan fingerprint density at radius 1 is 1.33 bits per heavy atom. The maximum absolute atomic E-state index is 12.3. The van der Waals surface area contributed by atoms with Gasteiger partial charge >= 0.3 is 0 Å². The van der Waals surface area contributed by atoms with Crippen LogP contribution >= 0.6 is 0 Å². The van der Waals surface area contributed by atoms with E-state index in [1.54, 1.807) is 0 Å². The fourth-order valence-electron chi connectivity index (χ4n) is 1.78. The van der Waals surface area contributed by atoms with Crippen LogP contribution in [0.2, 0.25) is 0 Å². The topological polar surface area (TPSA) is 29.1 Å². The van der Waals surface area contributed by atoms with Crippen LogP contribution in [0.15, 0.2) is 59.9 Å². The van der Waals surface area contributed by atoms with E-state index in [2.05, 4.69) is 45.2 Å². The van der Waals surface area contributed by atoms with Crippen molar-refractivity contribution in [2.24, 2.45) is 11.3 Å². The summed E-state index contributed by atoms with van der Waals surface area (Å²) in [5, 5.41) is 2.98. The molecule has 2 nitrogen and oxygen atoms in total. The van der Waals surface area contributed by atoms with E-state index in [0.29, 0.717) is 11.5 Å². The van der Waals surface area contributed by atoms with Gasteiger partial charge in [-0.05, 0) is 29.9 Å². The molecule has 0 aromatic carbocycles. The summed E-state index contributed by atoms with van der Waals surface area (Å²) in [4.78, 5) is 12.3. The van der Waals surface area contributed by atoms with Crippen LogP contribution < -0.4 is 5.32 Å². The molecule has 0 saturated carbocycles. The minimum atomic E-state index is -0.0535. The maximum Gasteiger partial charge on any atom is 0.255 e. The molecule has 1 aliphatic carbocycles. The molecule has 114 valence electrons. The number of carbonyl (C=O) groups excluding carboxylic acids is 1. The average Bonchev–Trinajstić information content (AvgIpc) is 2.61. The number of hydrogen-bond donors (Lipinski definition) is 1. The number of carbonyl (C=O) groups is 1. The lowest BCUT2D eigenvalue weighted by atomic mass is 9.96. The zero-order chi connectivity index (χ0) is 15.9.